The summed E-state index contributed by atoms with van der Waals surface area (Å²) in [7, 11) is 1.54. The van der Waals surface area contributed by atoms with Gasteiger partial charge in [-0.15, -0.1) is 0 Å². The minimum atomic E-state index is -2.31. The van der Waals surface area contributed by atoms with Crippen LogP contribution in [0, 0.1) is 0 Å². The van der Waals surface area contributed by atoms with Gasteiger partial charge in [0.15, 0.2) is 0 Å². The van der Waals surface area contributed by atoms with Crippen LogP contribution in [0.4, 0.5) is 4.79 Å². The van der Waals surface area contributed by atoms with E-state index in [0.717, 1.165) is 0 Å². The molecule has 0 aliphatic rings. The Labute approximate surface area is 122 Å². The van der Waals surface area contributed by atoms with Gasteiger partial charge in [0.1, 0.15) is 12.4 Å². The Bertz CT molecular complexity index is 487. The monoisotopic (exact) mass is 297 g/mol. The van der Waals surface area contributed by atoms with Crippen LogP contribution >= 0.6 is 0 Å². The number of carbonyl (C=O) groups is 2. The first-order chi connectivity index (χ1) is 9.91. The molecule has 7 nitrogen and oxygen atoms in total. The van der Waals surface area contributed by atoms with Crippen LogP contribution in [0.1, 0.15) is 25.3 Å². The molecular weight excluding hydrogens is 278 g/mol. The van der Waals surface area contributed by atoms with Crippen molar-refractivity contribution in [1.29, 1.82) is 0 Å². The SMILES string of the molecule is CCCC(O)(NC(=O)OCc1ccc(OC)cc1)C(=O)O. The van der Waals surface area contributed by atoms with Crippen LogP contribution in [0.2, 0.25) is 0 Å². The summed E-state index contributed by atoms with van der Waals surface area (Å²) in [6.07, 6.45) is -0.717. The van der Waals surface area contributed by atoms with Gasteiger partial charge >= 0.3 is 12.1 Å². The highest BCUT2D eigenvalue weighted by atomic mass is 16.6. The number of alkyl carbamates (subject to hydrolysis) is 1. The van der Waals surface area contributed by atoms with Crippen LogP contribution < -0.4 is 10.1 Å². The molecule has 21 heavy (non-hydrogen) atoms. The number of hydrogen-bond donors (Lipinski definition) is 3. The third-order valence-electron chi connectivity index (χ3n) is 2.80. The van der Waals surface area contributed by atoms with Gasteiger partial charge in [-0.05, 0) is 17.7 Å². The molecule has 0 heterocycles. The fourth-order valence-corrected chi connectivity index (χ4v) is 1.66. The Kier molecular flexibility index (Phi) is 5.98. The summed E-state index contributed by atoms with van der Waals surface area (Å²) in [5.41, 5.74) is -1.61. The van der Waals surface area contributed by atoms with Crippen molar-refractivity contribution in [2.45, 2.75) is 32.1 Å². The van der Waals surface area contributed by atoms with Crippen LogP contribution in [-0.4, -0.2) is 35.1 Å². The van der Waals surface area contributed by atoms with E-state index in [4.69, 9.17) is 14.6 Å². The second kappa shape index (κ2) is 7.49. The number of carboxylic acid groups (broad SMARTS) is 1. The highest BCUT2D eigenvalue weighted by molar-refractivity contribution is 5.82. The summed E-state index contributed by atoms with van der Waals surface area (Å²) in [4.78, 5) is 22.5. The number of hydrogen-bond acceptors (Lipinski definition) is 5. The third kappa shape index (κ3) is 4.96. The van der Waals surface area contributed by atoms with Crippen LogP contribution in [0.15, 0.2) is 24.3 Å². The van der Waals surface area contributed by atoms with Crippen LogP contribution in [0.5, 0.6) is 5.75 Å². The normalized spacial score (nSPS) is 13.1. The van der Waals surface area contributed by atoms with Gasteiger partial charge in [-0.1, -0.05) is 25.5 Å². The molecule has 1 amide bonds. The molecule has 0 saturated carbocycles. The van der Waals surface area contributed by atoms with Crippen LogP contribution in [0.3, 0.4) is 0 Å². The van der Waals surface area contributed by atoms with E-state index in [9.17, 15) is 14.7 Å². The predicted molar refractivity (Wildman–Crippen MR) is 73.8 cm³/mol. The first kappa shape index (κ1) is 16.8. The first-order valence-corrected chi connectivity index (χ1v) is 6.45. The maximum atomic E-state index is 11.6. The number of carboxylic acids is 1. The molecule has 0 radical (unpaired) electrons. The van der Waals surface area contributed by atoms with Crippen molar-refractivity contribution >= 4 is 12.1 Å². The average molecular weight is 297 g/mol. The second-order valence-corrected chi connectivity index (χ2v) is 4.46. The molecule has 1 aromatic carbocycles. The number of benzene rings is 1. The van der Waals surface area contributed by atoms with Crippen molar-refractivity contribution < 1.29 is 29.3 Å². The molecule has 0 bridgehead atoms. The maximum absolute atomic E-state index is 11.6. The van der Waals surface area contributed by atoms with Gasteiger partial charge in [-0.3, -0.25) is 5.32 Å². The molecule has 0 saturated heterocycles. The molecule has 0 aliphatic heterocycles. The van der Waals surface area contributed by atoms with Gasteiger partial charge in [0.05, 0.1) is 7.11 Å². The number of methoxy groups -OCH3 is 1. The lowest BCUT2D eigenvalue weighted by Gasteiger charge is -2.23. The largest absolute Gasteiger partial charge is 0.497 e. The Balaban J connectivity index is 2.54. The molecule has 0 aromatic heterocycles. The Hall–Kier alpha value is -2.28. The molecule has 3 N–H and O–H groups in total. The zero-order valence-corrected chi connectivity index (χ0v) is 12.0. The molecular formula is C14H19NO6. The molecule has 0 spiro atoms. The highest BCUT2D eigenvalue weighted by Crippen LogP contribution is 2.13. The molecule has 1 rings (SSSR count). The average Bonchev–Trinajstić information content (AvgIpc) is 2.45. The van der Waals surface area contributed by atoms with Gasteiger partial charge in [0.2, 0.25) is 5.72 Å². The van der Waals surface area contributed by atoms with Gasteiger partial charge in [0, 0.05) is 6.42 Å². The fourth-order valence-electron chi connectivity index (χ4n) is 1.66. The van der Waals surface area contributed by atoms with Crippen molar-refractivity contribution in [2.24, 2.45) is 0 Å². The number of amides is 1. The maximum Gasteiger partial charge on any atom is 0.410 e. The zero-order chi connectivity index (χ0) is 15.9. The molecule has 0 aliphatic carbocycles. The molecule has 0 fully saturated rings. The number of rotatable bonds is 7. The Morgan fingerprint density at radius 3 is 2.38 bits per heavy atom. The molecule has 116 valence electrons. The van der Waals surface area contributed by atoms with E-state index in [-0.39, 0.29) is 13.0 Å². The lowest BCUT2D eigenvalue weighted by Crippen LogP contribution is -2.54. The molecule has 7 heteroatoms. The summed E-state index contributed by atoms with van der Waals surface area (Å²) in [5.74, 6) is -0.850. The summed E-state index contributed by atoms with van der Waals surface area (Å²) < 4.78 is 9.88. The second-order valence-electron chi connectivity index (χ2n) is 4.46. The van der Waals surface area contributed by atoms with Gasteiger partial charge < -0.3 is 19.7 Å². The molecule has 1 unspecified atom stereocenters. The quantitative estimate of drug-likeness (QED) is 0.659. The lowest BCUT2D eigenvalue weighted by atomic mass is 10.1. The van der Waals surface area contributed by atoms with Gasteiger partial charge in [-0.25, -0.2) is 9.59 Å². The van der Waals surface area contributed by atoms with Gasteiger partial charge in [-0.2, -0.15) is 0 Å². The Morgan fingerprint density at radius 1 is 1.29 bits per heavy atom. The van der Waals surface area contributed by atoms with Crippen molar-refractivity contribution in [3.8, 4) is 5.75 Å². The number of nitrogens with one attached hydrogen (secondary N) is 1. The predicted octanol–water partition coefficient (Wildman–Crippen LogP) is 1.49. The van der Waals surface area contributed by atoms with E-state index in [2.05, 4.69) is 0 Å². The first-order valence-electron chi connectivity index (χ1n) is 6.45. The Morgan fingerprint density at radius 2 is 1.90 bits per heavy atom. The minimum Gasteiger partial charge on any atom is -0.497 e. The van der Waals surface area contributed by atoms with Crippen LogP contribution in [-0.2, 0) is 16.1 Å². The van der Waals surface area contributed by atoms with Crippen molar-refractivity contribution in [3.05, 3.63) is 29.8 Å². The summed E-state index contributed by atoms with van der Waals surface area (Å²) in [6.45, 7) is 1.65. The van der Waals surface area contributed by atoms with E-state index < -0.39 is 17.8 Å². The van der Waals surface area contributed by atoms with E-state index in [0.29, 0.717) is 17.7 Å². The number of aliphatic hydroxyl groups is 1. The van der Waals surface area contributed by atoms with Crippen LogP contribution in [0.25, 0.3) is 0 Å². The van der Waals surface area contributed by atoms with Crippen molar-refractivity contribution in [3.63, 3.8) is 0 Å². The summed E-state index contributed by atoms with van der Waals surface area (Å²) in [6, 6.07) is 6.84. The van der Waals surface area contributed by atoms with Gasteiger partial charge in [0.25, 0.3) is 0 Å². The molecule has 1 atom stereocenters. The number of carbonyl (C=O) groups excluding carboxylic acids is 1. The van der Waals surface area contributed by atoms with E-state index in [1.54, 1.807) is 38.3 Å². The zero-order valence-electron chi connectivity index (χ0n) is 12.0. The van der Waals surface area contributed by atoms with Crippen molar-refractivity contribution in [2.75, 3.05) is 7.11 Å². The fraction of sp³-hybridized carbons (Fsp3) is 0.429. The number of ether oxygens (including phenoxy) is 2. The third-order valence-corrected chi connectivity index (χ3v) is 2.80. The summed E-state index contributed by atoms with van der Waals surface area (Å²) in [5, 5.41) is 20.7. The lowest BCUT2D eigenvalue weighted by molar-refractivity contribution is -0.162. The topological polar surface area (TPSA) is 105 Å². The van der Waals surface area contributed by atoms with E-state index >= 15 is 0 Å². The number of aliphatic carboxylic acids is 1. The molecule has 1 aromatic rings. The smallest absolute Gasteiger partial charge is 0.410 e. The standard InChI is InChI=1S/C14H19NO6/c1-3-8-14(19,12(16)17)15-13(18)21-9-10-4-6-11(20-2)7-5-10/h4-7,19H,3,8-9H2,1-2H3,(H,15,18)(H,16,17). The van der Waals surface area contributed by atoms with E-state index in [1.807, 2.05) is 5.32 Å². The minimum absolute atomic E-state index is 0.0440. The summed E-state index contributed by atoms with van der Waals surface area (Å²) >= 11 is 0. The van der Waals surface area contributed by atoms with Crippen molar-refractivity contribution in [1.82, 2.24) is 5.32 Å². The highest BCUT2D eigenvalue weighted by Gasteiger charge is 2.37. The van der Waals surface area contributed by atoms with E-state index in [1.165, 1.54) is 0 Å².